The quantitative estimate of drug-likeness (QED) is 0.788. The highest BCUT2D eigenvalue weighted by Crippen LogP contribution is 2.37. The predicted octanol–water partition coefficient (Wildman–Crippen LogP) is 3.37. The van der Waals surface area contributed by atoms with Crippen LogP contribution >= 0.6 is 0 Å². The Morgan fingerprint density at radius 3 is 2.96 bits per heavy atom. The maximum Gasteiger partial charge on any atom is 0.253 e. The van der Waals surface area contributed by atoms with E-state index in [2.05, 4.69) is 22.5 Å². The fourth-order valence-electron chi connectivity index (χ4n) is 4.92. The number of piperidine rings is 1. The molecule has 1 saturated carbocycles. The summed E-state index contributed by atoms with van der Waals surface area (Å²) in [5, 5.41) is 7.33. The second kappa shape index (κ2) is 7.14. The monoisotopic (exact) mass is 353 g/mol. The van der Waals surface area contributed by atoms with Crippen LogP contribution in [-0.4, -0.2) is 28.9 Å². The average Bonchev–Trinajstić information content (AvgIpc) is 3.06. The van der Waals surface area contributed by atoms with E-state index in [4.69, 9.17) is 0 Å². The van der Waals surface area contributed by atoms with Crippen LogP contribution in [0.5, 0.6) is 0 Å². The molecule has 1 aromatic carbocycles. The summed E-state index contributed by atoms with van der Waals surface area (Å²) >= 11 is 0. The van der Waals surface area contributed by atoms with Crippen molar-refractivity contribution in [1.82, 2.24) is 15.6 Å². The molecule has 5 nitrogen and oxygen atoms in total. The molecule has 1 aromatic heterocycles. The van der Waals surface area contributed by atoms with E-state index in [1.807, 2.05) is 24.3 Å². The Morgan fingerprint density at radius 2 is 2.12 bits per heavy atom. The van der Waals surface area contributed by atoms with Gasteiger partial charge in [0.25, 0.3) is 5.91 Å². The third-order valence-corrected chi connectivity index (χ3v) is 6.13. The summed E-state index contributed by atoms with van der Waals surface area (Å²) in [6, 6.07) is 8.17. The molecule has 0 spiro atoms. The Hall–Kier alpha value is -2.30. The molecule has 2 heterocycles. The van der Waals surface area contributed by atoms with Gasteiger partial charge in [-0.2, -0.15) is 0 Å². The fourth-order valence-corrected chi connectivity index (χ4v) is 4.92. The van der Waals surface area contributed by atoms with Crippen LogP contribution in [0.4, 0.5) is 0 Å². The van der Waals surface area contributed by atoms with E-state index < -0.39 is 0 Å². The number of carbonyl (C=O) groups is 2. The van der Waals surface area contributed by atoms with Crippen molar-refractivity contribution >= 4 is 22.7 Å². The summed E-state index contributed by atoms with van der Waals surface area (Å²) in [6.07, 6.45) is 7.61. The predicted molar refractivity (Wildman–Crippen MR) is 102 cm³/mol. The Bertz CT molecular complexity index is 812. The zero-order chi connectivity index (χ0) is 18.1. The molecule has 0 bridgehead atoms. The highest BCUT2D eigenvalue weighted by molar-refractivity contribution is 6.06. The van der Waals surface area contributed by atoms with Gasteiger partial charge in [0, 0.05) is 35.6 Å². The zero-order valence-electron chi connectivity index (χ0n) is 15.3. The normalized spacial score (nSPS) is 28.4. The Morgan fingerprint density at radius 1 is 1.27 bits per heavy atom. The van der Waals surface area contributed by atoms with Crippen molar-refractivity contribution in [2.75, 3.05) is 0 Å². The number of rotatable bonds is 4. The van der Waals surface area contributed by atoms with Gasteiger partial charge in [0.1, 0.15) is 0 Å². The summed E-state index contributed by atoms with van der Waals surface area (Å²) in [7, 11) is 0. The number of hydrogen-bond acceptors (Lipinski definition) is 2. The summed E-state index contributed by atoms with van der Waals surface area (Å²) in [5.41, 5.74) is 1.67. The average molecular weight is 353 g/mol. The number of carbonyl (C=O) groups excluding carboxylic acids is 2. The first-order chi connectivity index (χ1) is 12.7. The van der Waals surface area contributed by atoms with E-state index in [9.17, 15) is 9.59 Å². The van der Waals surface area contributed by atoms with Crippen LogP contribution in [0.3, 0.4) is 0 Å². The minimum Gasteiger partial charge on any atom is -0.360 e. The number of aromatic amines is 1. The van der Waals surface area contributed by atoms with Crippen molar-refractivity contribution in [1.29, 1.82) is 0 Å². The van der Waals surface area contributed by atoms with Crippen LogP contribution in [-0.2, 0) is 4.79 Å². The molecule has 2 aliphatic rings. The van der Waals surface area contributed by atoms with Crippen LogP contribution in [0, 0.1) is 11.8 Å². The lowest BCUT2D eigenvalue weighted by atomic mass is 9.70. The number of hydrogen-bond donors (Lipinski definition) is 3. The van der Waals surface area contributed by atoms with Gasteiger partial charge in [-0.3, -0.25) is 9.59 Å². The molecule has 4 atom stereocenters. The highest BCUT2D eigenvalue weighted by atomic mass is 16.2. The second-order valence-electron chi connectivity index (χ2n) is 7.82. The van der Waals surface area contributed by atoms with Crippen LogP contribution in [0.1, 0.15) is 55.8 Å². The molecular weight excluding hydrogens is 326 g/mol. The van der Waals surface area contributed by atoms with Gasteiger partial charge in [-0.05, 0) is 43.6 Å². The van der Waals surface area contributed by atoms with Gasteiger partial charge in [0.2, 0.25) is 5.91 Å². The molecule has 138 valence electrons. The van der Waals surface area contributed by atoms with Crippen molar-refractivity contribution in [3.63, 3.8) is 0 Å². The van der Waals surface area contributed by atoms with Crippen molar-refractivity contribution in [2.24, 2.45) is 11.8 Å². The smallest absolute Gasteiger partial charge is 0.253 e. The number of para-hydroxylation sites is 1. The zero-order valence-corrected chi connectivity index (χ0v) is 15.3. The van der Waals surface area contributed by atoms with Crippen LogP contribution in [0.15, 0.2) is 30.5 Å². The van der Waals surface area contributed by atoms with Crippen molar-refractivity contribution in [3.05, 3.63) is 36.0 Å². The lowest BCUT2D eigenvalue weighted by Crippen LogP contribution is -2.55. The fraction of sp³-hybridized carbons (Fsp3) is 0.524. The van der Waals surface area contributed by atoms with E-state index in [1.54, 1.807) is 6.20 Å². The molecule has 2 aromatic rings. The van der Waals surface area contributed by atoms with Gasteiger partial charge in [-0.25, -0.2) is 0 Å². The number of aromatic nitrogens is 1. The minimum atomic E-state index is -0.0295. The molecule has 1 aliphatic heterocycles. The first-order valence-electron chi connectivity index (χ1n) is 9.82. The second-order valence-corrected chi connectivity index (χ2v) is 7.82. The number of amides is 2. The Balaban J connectivity index is 1.44. The number of benzene rings is 1. The third-order valence-electron chi connectivity index (χ3n) is 6.13. The van der Waals surface area contributed by atoms with Crippen molar-refractivity contribution in [3.8, 4) is 0 Å². The molecule has 4 rings (SSSR count). The molecular formula is C21H27N3O2. The van der Waals surface area contributed by atoms with E-state index in [0.29, 0.717) is 23.8 Å². The van der Waals surface area contributed by atoms with Crippen LogP contribution < -0.4 is 10.6 Å². The first-order valence-corrected chi connectivity index (χ1v) is 9.82. The molecule has 26 heavy (non-hydrogen) atoms. The van der Waals surface area contributed by atoms with Gasteiger partial charge >= 0.3 is 0 Å². The first kappa shape index (κ1) is 17.1. The van der Waals surface area contributed by atoms with E-state index in [-0.39, 0.29) is 23.9 Å². The molecule has 3 N–H and O–H groups in total. The van der Waals surface area contributed by atoms with Crippen molar-refractivity contribution in [2.45, 2.75) is 57.5 Å². The molecule has 2 fully saturated rings. The third kappa shape index (κ3) is 3.22. The maximum atomic E-state index is 12.8. The lowest BCUT2D eigenvalue weighted by molar-refractivity contribution is -0.127. The molecule has 1 saturated heterocycles. The van der Waals surface area contributed by atoms with E-state index in [0.717, 1.165) is 43.0 Å². The molecule has 1 aliphatic carbocycles. The number of fused-ring (bicyclic) bond motifs is 2. The number of nitrogens with one attached hydrogen (secondary N) is 3. The summed E-state index contributed by atoms with van der Waals surface area (Å²) < 4.78 is 0. The summed E-state index contributed by atoms with van der Waals surface area (Å²) in [5.74, 6) is 1.21. The van der Waals surface area contributed by atoms with Gasteiger partial charge in [-0.1, -0.05) is 31.5 Å². The summed E-state index contributed by atoms with van der Waals surface area (Å²) in [4.78, 5) is 28.0. The largest absolute Gasteiger partial charge is 0.360 e. The lowest BCUT2D eigenvalue weighted by Gasteiger charge is -2.44. The van der Waals surface area contributed by atoms with Gasteiger partial charge in [-0.15, -0.1) is 0 Å². The molecule has 4 unspecified atom stereocenters. The Labute approximate surface area is 153 Å². The minimum absolute atomic E-state index is 0.0295. The molecule has 0 radical (unpaired) electrons. The van der Waals surface area contributed by atoms with Crippen molar-refractivity contribution < 1.29 is 9.59 Å². The SMILES string of the molecule is CCCC1CC(=O)NC2CC(NC(=O)c3c[nH]c4ccccc34)CCC12. The van der Waals surface area contributed by atoms with Crippen LogP contribution in [0.25, 0.3) is 10.9 Å². The summed E-state index contributed by atoms with van der Waals surface area (Å²) in [6.45, 7) is 2.19. The molecule has 5 heteroatoms. The van der Waals surface area contributed by atoms with Gasteiger partial charge in [0.15, 0.2) is 0 Å². The topological polar surface area (TPSA) is 74.0 Å². The Kier molecular flexibility index (Phi) is 4.70. The van der Waals surface area contributed by atoms with Gasteiger partial charge in [0.05, 0.1) is 5.56 Å². The van der Waals surface area contributed by atoms with E-state index >= 15 is 0 Å². The van der Waals surface area contributed by atoms with E-state index in [1.165, 1.54) is 0 Å². The standard InChI is InChI=1S/C21H27N3O2/c1-2-5-13-10-20(25)24-19-11-14(8-9-15(13)19)23-21(26)17-12-22-18-7-4-3-6-16(17)18/h3-4,6-7,12-15,19,22H,2,5,8-11H2,1H3,(H,23,26)(H,24,25). The van der Waals surface area contributed by atoms with Gasteiger partial charge < -0.3 is 15.6 Å². The maximum absolute atomic E-state index is 12.8. The highest BCUT2D eigenvalue weighted by Gasteiger charge is 2.40. The number of H-pyrrole nitrogens is 1. The van der Waals surface area contributed by atoms with Crippen LogP contribution in [0.2, 0.25) is 0 Å². The molecule has 2 amide bonds.